The lowest BCUT2D eigenvalue weighted by molar-refractivity contribution is -0.153. The molecule has 6 heteroatoms. The molecule has 0 aromatic heterocycles. The number of carbonyl (C=O) groups excluding carboxylic acids is 3. The first kappa shape index (κ1) is 17.0. The predicted molar refractivity (Wildman–Crippen MR) is 103 cm³/mol. The maximum absolute atomic E-state index is 13.7. The van der Waals surface area contributed by atoms with Crippen molar-refractivity contribution in [3.05, 3.63) is 65.7 Å². The first-order valence-electron chi connectivity index (χ1n) is 9.67. The summed E-state index contributed by atoms with van der Waals surface area (Å²) in [6.07, 6.45) is 2.02. The van der Waals surface area contributed by atoms with Gasteiger partial charge in [0.15, 0.2) is 5.41 Å². The van der Waals surface area contributed by atoms with Crippen molar-refractivity contribution < 1.29 is 14.4 Å². The second-order valence-corrected chi connectivity index (χ2v) is 7.76. The fourth-order valence-electron chi connectivity index (χ4n) is 4.99. The summed E-state index contributed by atoms with van der Waals surface area (Å²) in [5.74, 6) is -0.838. The SMILES string of the molecule is O=C1NC(=O)[C@]2(Cc3ccccc3N3CCC[C@H]32)C(=O)N1Cc1ccccc1. The molecule has 0 unspecified atom stereocenters. The zero-order chi connectivity index (χ0) is 19.3. The Morgan fingerprint density at radius 2 is 1.75 bits per heavy atom. The summed E-state index contributed by atoms with van der Waals surface area (Å²) in [6.45, 7) is 0.978. The molecule has 28 heavy (non-hydrogen) atoms. The summed E-state index contributed by atoms with van der Waals surface area (Å²) in [6, 6.07) is 16.5. The molecular formula is C22H21N3O3. The summed E-state index contributed by atoms with van der Waals surface area (Å²) in [5.41, 5.74) is 1.68. The number of imide groups is 2. The maximum Gasteiger partial charge on any atom is 0.331 e. The van der Waals surface area contributed by atoms with Gasteiger partial charge >= 0.3 is 6.03 Å². The van der Waals surface area contributed by atoms with E-state index in [4.69, 9.17) is 0 Å². The van der Waals surface area contributed by atoms with Gasteiger partial charge in [-0.25, -0.2) is 4.79 Å². The minimum atomic E-state index is -1.26. The Balaban J connectivity index is 1.58. The van der Waals surface area contributed by atoms with E-state index in [0.717, 1.165) is 36.2 Å². The number of nitrogens with zero attached hydrogens (tertiary/aromatic N) is 2. The zero-order valence-electron chi connectivity index (χ0n) is 15.4. The Labute approximate surface area is 163 Å². The lowest BCUT2D eigenvalue weighted by atomic mass is 9.68. The van der Waals surface area contributed by atoms with Crippen LogP contribution >= 0.6 is 0 Å². The van der Waals surface area contributed by atoms with Gasteiger partial charge in [-0.15, -0.1) is 0 Å². The molecule has 0 radical (unpaired) electrons. The predicted octanol–water partition coefficient (Wildman–Crippen LogP) is 2.48. The summed E-state index contributed by atoms with van der Waals surface area (Å²) in [7, 11) is 0. The molecule has 6 nitrogen and oxygen atoms in total. The Kier molecular flexibility index (Phi) is 3.75. The molecule has 5 rings (SSSR count). The number of fused-ring (bicyclic) bond motifs is 4. The van der Waals surface area contributed by atoms with Crippen LogP contribution in [-0.4, -0.2) is 35.3 Å². The second-order valence-electron chi connectivity index (χ2n) is 7.76. The average Bonchev–Trinajstić information content (AvgIpc) is 3.21. The van der Waals surface area contributed by atoms with Crippen LogP contribution in [0, 0.1) is 5.41 Å². The van der Waals surface area contributed by atoms with Crippen LogP contribution in [0.25, 0.3) is 0 Å². The van der Waals surface area contributed by atoms with Crippen LogP contribution in [0.2, 0.25) is 0 Å². The third-order valence-corrected chi connectivity index (χ3v) is 6.27. The smallest absolute Gasteiger partial charge is 0.331 e. The summed E-state index contributed by atoms with van der Waals surface area (Å²) < 4.78 is 0. The Morgan fingerprint density at radius 3 is 2.57 bits per heavy atom. The van der Waals surface area contributed by atoms with E-state index in [-0.39, 0.29) is 18.5 Å². The van der Waals surface area contributed by atoms with Gasteiger partial charge in [-0.2, -0.15) is 0 Å². The molecule has 3 heterocycles. The number of para-hydroxylation sites is 1. The van der Waals surface area contributed by atoms with Gasteiger partial charge in [0, 0.05) is 12.2 Å². The molecule has 0 bridgehead atoms. The number of hydrogen-bond donors (Lipinski definition) is 1. The molecule has 4 amide bonds. The first-order chi connectivity index (χ1) is 13.6. The summed E-state index contributed by atoms with van der Waals surface area (Å²) in [5, 5.41) is 2.48. The van der Waals surface area contributed by atoms with Gasteiger partial charge < -0.3 is 4.90 Å². The van der Waals surface area contributed by atoms with Crippen LogP contribution in [0.5, 0.6) is 0 Å². The van der Waals surface area contributed by atoms with Crippen molar-refractivity contribution in [2.45, 2.75) is 31.8 Å². The van der Waals surface area contributed by atoms with E-state index in [9.17, 15) is 14.4 Å². The van der Waals surface area contributed by atoms with Gasteiger partial charge in [0.25, 0.3) is 0 Å². The molecule has 3 aliphatic rings. The van der Waals surface area contributed by atoms with Crippen LogP contribution < -0.4 is 10.2 Å². The number of urea groups is 1. The molecule has 2 aromatic rings. The quantitative estimate of drug-likeness (QED) is 0.819. The third-order valence-electron chi connectivity index (χ3n) is 6.27. The Hall–Kier alpha value is -3.15. The van der Waals surface area contributed by atoms with Crippen molar-refractivity contribution in [3.8, 4) is 0 Å². The highest BCUT2D eigenvalue weighted by molar-refractivity contribution is 6.20. The topological polar surface area (TPSA) is 69.7 Å². The highest BCUT2D eigenvalue weighted by atomic mass is 16.2. The minimum Gasteiger partial charge on any atom is -0.367 e. The van der Waals surface area contributed by atoms with Crippen molar-refractivity contribution >= 4 is 23.5 Å². The number of amides is 4. The highest BCUT2D eigenvalue weighted by Gasteiger charge is 2.62. The largest absolute Gasteiger partial charge is 0.367 e. The van der Waals surface area contributed by atoms with Crippen molar-refractivity contribution in [3.63, 3.8) is 0 Å². The molecule has 2 atom stereocenters. The summed E-state index contributed by atoms with van der Waals surface area (Å²) in [4.78, 5) is 42.8. The van der Waals surface area contributed by atoms with Crippen molar-refractivity contribution in [1.29, 1.82) is 0 Å². The number of carbonyl (C=O) groups is 3. The van der Waals surface area contributed by atoms with Crippen LogP contribution in [0.1, 0.15) is 24.0 Å². The fourth-order valence-corrected chi connectivity index (χ4v) is 4.99. The molecule has 2 fully saturated rings. The average molecular weight is 375 g/mol. The van der Waals surface area contributed by atoms with Crippen molar-refractivity contribution in [2.75, 3.05) is 11.4 Å². The molecule has 2 aromatic carbocycles. The van der Waals surface area contributed by atoms with Gasteiger partial charge in [0.1, 0.15) is 0 Å². The molecular weight excluding hydrogens is 354 g/mol. The summed E-state index contributed by atoms with van der Waals surface area (Å²) >= 11 is 0. The van der Waals surface area contributed by atoms with Gasteiger partial charge in [-0.05, 0) is 36.5 Å². The van der Waals surface area contributed by atoms with E-state index < -0.39 is 17.4 Å². The van der Waals surface area contributed by atoms with E-state index in [0.29, 0.717) is 6.42 Å². The Morgan fingerprint density at radius 1 is 1.00 bits per heavy atom. The molecule has 142 valence electrons. The van der Waals surface area contributed by atoms with Gasteiger partial charge in [-0.1, -0.05) is 48.5 Å². The molecule has 3 aliphatic heterocycles. The van der Waals surface area contributed by atoms with E-state index in [2.05, 4.69) is 16.3 Å². The van der Waals surface area contributed by atoms with Crippen molar-refractivity contribution in [1.82, 2.24) is 10.2 Å². The second kappa shape index (κ2) is 6.19. The van der Waals surface area contributed by atoms with Crippen LogP contribution in [0.4, 0.5) is 10.5 Å². The van der Waals surface area contributed by atoms with E-state index in [1.807, 2.05) is 48.5 Å². The number of barbiturate groups is 1. The minimum absolute atomic E-state index is 0.162. The standard InChI is InChI=1S/C22H21N3O3/c26-19-22(13-16-9-4-5-10-17(16)24-12-6-11-18(22)24)20(27)25(21(28)23-19)14-15-7-2-1-3-8-15/h1-5,7-10,18H,6,11-14H2,(H,23,26,28)/t18-,22+/m0/s1. The molecule has 1 N–H and O–H groups in total. The van der Waals surface area contributed by atoms with E-state index in [1.54, 1.807) is 0 Å². The third kappa shape index (κ3) is 2.30. The van der Waals surface area contributed by atoms with Gasteiger partial charge in [0.2, 0.25) is 11.8 Å². The monoisotopic (exact) mass is 375 g/mol. The molecule has 1 spiro atoms. The lowest BCUT2D eigenvalue weighted by Crippen LogP contribution is -2.70. The van der Waals surface area contributed by atoms with Crippen LogP contribution in [0.3, 0.4) is 0 Å². The first-order valence-corrected chi connectivity index (χ1v) is 9.67. The van der Waals surface area contributed by atoms with Crippen LogP contribution in [-0.2, 0) is 22.6 Å². The van der Waals surface area contributed by atoms with E-state index in [1.165, 1.54) is 4.90 Å². The maximum atomic E-state index is 13.7. The number of anilines is 1. The van der Waals surface area contributed by atoms with Gasteiger partial charge in [-0.3, -0.25) is 19.8 Å². The Bertz CT molecular complexity index is 974. The number of hydrogen-bond acceptors (Lipinski definition) is 4. The molecule has 2 saturated heterocycles. The van der Waals surface area contributed by atoms with Gasteiger partial charge in [0.05, 0.1) is 12.6 Å². The molecule has 0 aliphatic carbocycles. The number of nitrogens with one attached hydrogen (secondary N) is 1. The van der Waals surface area contributed by atoms with Crippen LogP contribution in [0.15, 0.2) is 54.6 Å². The highest BCUT2D eigenvalue weighted by Crippen LogP contribution is 2.48. The van der Waals surface area contributed by atoms with E-state index >= 15 is 0 Å². The lowest BCUT2D eigenvalue weighted by Gasteiger charge is -2.49. The number of benzene rings is 2. The van der Waals surface area contributed by atoms with Crippen molar-refractivity contribution in [2.24, 2.45) is 5.41 Å². The zero-order valence-corrected chi connectivity index (χ0v) is 15.4. The normalized spacial score (nSPS) is 26.3. The fraction of sp³-hybridized carbons (Fsp3) is 0.318. The number of rotatable bonds is 2. The molecule has 0 saturated carbocycles.